The zero-order valence-electron chi connectivity index (χ0n) is 10.7. The Balaban J connectivity index is 1.82. The predicted octanol–water partition coefficient (Wildman–Crippen LogP) is 2.52. The number of carbonyl (C=O) groups is 1. The molecule has 1 heterocycles. The Bertz CT molecular complexity index is 422. The molecule has 0 saturated carbocycles. The average molecular weight is 311 g/mol. The number of amides is 1. The van der Waals surface area contributed by atoms with Crippen molar-refractivity contribution in [3.8, 4) is 0 Å². The van der Waals surface area contributed by atoms with Crippen molar-refractivity contribution in [3.63, 3.8) is 0 Å². The number of halogens is 1. The lowest BCUT2D eigenvalue weighted by atomic mass is 10.1. The van der Waals surface area contributed by atoms with E-state index in [-0.39, 0.29) is 5.91 Å². The average Bonchev–Trinajstić information content (AvgIpc) is 2.84. The van der Waals surface area contributed by atoms with Crippen molar-refractivity contribution in [3.05, 3.63) is 34.3 Å². The van der Waals surface area contributed by atoms with Crippen molar-refractivity contribution in [2.45, 2.75) is 13.3 Å². The molecule has 0 aliphatic carbocycles. The van der Waals surface area contributed by atoms with Crippen molar-refractivity contribution in [2.24, 2.45) is 5.92 Å². The fraction of sp³-hybridized carbons (Fsp3) is 0.500. The van der Waals surface area contributed by atoms with Crippen LogP contribution in [0.15, 0.2) is 28.7 Å². The number of hydrogen-bond acceptors (Lipinski definition) is 2. The summed E-state index contributed by atoms with van der Waals surface area (Å²) in [6.45, 7) is 6.34. The molecule has 1 saturated heterocycles. The van der Waals surface area contributed by atoms with Crippen LogP contribution in [0.3, 0.4) is 0 Å². The van der Waals surface area contributed by atoms with Crippen LogP contribution in [0.25, 0.3) is 0 Å². The molecular weight excluding hydrogens is 292 g/mol. The van der Waals surface area contributed by atoms with Crippen LogP contribution in [0.5, 0.6) is 0 Å². The second kappa shape index (κ2) is 6.34. The summed E-state index contributed by atoms with van der Waals surface area (Å²) < 4.78 is 0.938. The number of carbonyl (C=O) groups excluding carboxylic acids is 1. The Hall–Kier alpha value is -0.870. The van der Waals surface area contributed by atoms with E-state index in [0.29, 0.717) is 5.92 Å². The van der Waals surface area contributed by atoms with E-state index in [1.807, 2.05) is 24.3 Å². The third-order valence-electron chi connectivity index (χ3n) is 3.46. The molecule has 4 heteroatoms. The molecule has 1 N–H and O–H groups in total. The Morgan fingerprint density at radius 1 is 1.56 bits per heavy atom. The van der Waals surface area contributed by atoms with Gasteiger partial charge in [0, 0.05) is 23.1 Å². The van der Waals surface area contributed by atoms with Crippen LogP contribution in [0.1, 0.15) is 23.7 Å². The Kier molecular flexibility index (Phi) is 4.78. The third kappa shape index (κ3) is 3.56. The van der Waals surface area contributed by atoms with E-state index in [1.165, 1.54) is 6.42 Å². The molecule has 0 radical (unpaired) electrons. The van der Waals surface area contributed by atoms with Gasteiger partial charge in [0.2, 0.25) is 0 Å². The van der Waals surface area contributed by atoms with Crippen LogP contribution in [-0.2, 0) is 0 Å². The smallest absolute Gasteiger partial charge is 0.251 e. The lowest BCUT2D eigenvalue weighted by Gasteiger charge is -2.13. The lowest BCUT2D eigenvalue weighted by molar-refractivity contribution is 0.0947. The van der Waals surface area contributed by atoms with Crippen LogP contribution in [0.2, 0.25) is 0 Å². The highest BCUT2D eigenvalue weighted by Gasteiger charge is 2.21. The number of nitrogens with one attached hydrogen (secondary N) is 1. The highest BCUT2D eigenvalue weighted by molar-refractivity contribution is 9.10. The summed E-state index contributed by atoms with van der Waals surface area (Å²) in [4.78, 5) is 14.4. The monoisotopic (exact) mass is 310 g/mol. The number of hydrogen-bond donors (Lipinski definition) is 1. The Morgan fingerprint density at radius 2 is 2.39 bits per heavy atom. The third-order valence-corrected chi connectivity index (χ3v) is 3.95. The molecule has 1 unspecified atom stereocenters. The summed E-state index contributed by atoms with van der Waals surface area (Å²) in [5, 5.41) is 3.03. The quantitative estimate of drug-likeness (QED) is 0.927. The summed E-state index contributed by atoms with van der Waals surface area (Å²) >= 11 is 3.38. The first-order chi connectivity index (χ1) is 8.69. The summed E-state index contributed by atoms with van der Waals surface area (Å²) in [6.07, 6.45) is 1.19. The minimum Gasteiger partial charge on any atom is -0.352 e. The molecule has 18 heavy (non-hydrogen) atoms. The molecule has 98 valence electrons. The maximum atomic E-state index is 12.0. The zero-order valence-corrected chi connectivity index (χ0v) is 12.2. The van der Waals surface area contributed by atoms with Gasteiger partial charge in [0.25, 0.3) is 5.91 Å². The molecule has 1 aromatic carbocycles. The summed E-state index contributed by atoms with van der Waals surface area (Å²) in [7, 11) is 0. The molecule has 1 aliphatic rings. The van der Waals surface area contributed by atoms with Gasteiger partial charge in [0.1, 0.15) is 0 Å². The van der Waals surface area contributed by atoms with Gasteiger partial charge >= 0.3 is 0 Å². The van der Waals surface area contributed by atoms with Crippen molar-refractivity contribution >= 4 is 21.8 Å². The molecule has 1 aliphatic heterocycles. The van der Waals surface area contributed by atoms with Crippen molar-refractivity contribution < 1.29 is 4.79 Å². The van der Waals surface area contributed by atoms with E-state index in [4.69, 9.17) is 0 Å². The number of rotatable bonds is 4. The normalized spacial score (nSPS) is 20.0. The van der Waals surface area contributed by atoms with Crippen molar-refractivity contribution in [1.29, 1.82) is 0 Å². The number of nitrogens with zero attached hydrogens (tertiary/aromatic N) is 1. The van der Waals surface area contributed by atoms with E-state index < -0.39 is 0 Å². The summed E-state index contributed by atoms with van der Waals surface area (Å²) in [6, 6.07) is 7.50. The second-order valence-electron chi connectivity index (χ2n) is 4.77. The first-order valence-corrected chi connectivity index (χ1v) is 7.24. The molecule has 1 aromatic rings. The zero-order chi connectivity index (χ0) is 13.0. The maximum absolute atomic E-state index is 12.0. The van der Waals surface area contributed by atoms with E-state index in [0.717, 1.165) is 36.2 Å². The van der Waals surface area contributed by atoms with Crippen LogP contribution < -0.4 is 5.32 Å². The second-order valence-corrected chi connectivity index (χ2v) is 5.68. The minimum atomic E-state index is 0.0197. The molecule has 0 spiro atoms. The fourth-order valence-electron chi connectivity index (χ4n) is 2.34. The van der Waals surface area contributed by atoms with Crippen LogP contribution in [0.4, 0.5) is 0 Å². The van der Waals surface area contributed by atoms with Gasteiger partial charge in [-0.25, -0.2) is 0 Å². The highest BCUT2D eigenvalue weighted by Crippen LogP contribution is 2.15. The van der Waals surface area contributed by atoms with Gasteiger partial charge in [0.05, 0.1) is 0 Å². The molecule has 2 rings (SSSR count). The summed E-state index contributed by atoms with van der Waals surface area (Å²) in [5.41, 5.74) is 0.717. The predicted molar refractivity (Wildman–Crippen MR) is 76.7 cm³/mol. The molecule has 0 bridgehead atoms. The van der Waals surface area contributed by atoms with Gasteiger partial charge < -0.3 is 10.2 Å². The first-order valence-electron chi connectivity index (χ1n) is 6.45. The molecule has 1 fully saturated rings. The standard InChI is InChI=1S/C14H19BrN2O/c1-2-17-7-6-11(10-17)9-16-14(18)12-4-3-5-13(15)8-12/h3-5,8,11H,2,6-7,9-10H2,1H3,(H,16,18). The van der Waals surface area contributed by atoms with Gasteiger partial charge in [-0.15, -0.1) is 0 Å². The molecule has 3 nitrogen and oxygen atoms in total. The summed E-state index contributed by atoms with van der Waals surface area (Å²) in [5.74, 6) is 0.618. The van der Waals surface area contributed by atoms with Gasteiger partial charge in [-0.2, -0.15) is 0 Å². The Morgan fingerprint density at radius 3 is 3.06 bits per heavy atom. The minimum absolute atomic E-state index is 0.0197. The van der Waals surface area contributed by atoms with Crippen molar-refractivity contribution in [1.82, 2.24) is 10.2 Å². The fourth-order valence-corrected chi connectivity index (χ4v) is 2.73. The number of likely N-dealkylation sites (tertiary alicyclic amines) is 1. The van der Waals surface area contributed by atoms with Gasteiger partial charge in [0.15, 0.2) is 0 Å². The van der Waals surface area contributed by atoms with Gasteiger partial charge in [-0.3, -0.25) is 4.79 Å². The van der Waals surface area contributed by atoms with Gasteiger partial charge in [-0.05, 0) is 43.6 Å². The largest absolute Gasteiger partial charge is 0.352 e. The SMILES string of the molecule is CCN1CCC(CNC(=O)c2cccc(Br)c2)C1. The highest BCUT2D eigenvalue weighted by atomic mass is 79.9. The molecular formula is C14H19BrN2O. The van der Waals surface area contributed by atoms with Gasteiger partial charge in [-0.1, -0.05) is 28.9 Å². The lowest BCUT2D eigenvalue weighted by Crippen LogP contribution is -2.31. The first kappa shape index (κ1) is 13.6. The van der Waals surface area contributed by atoms with Crippen LogP contribution in [0, 0.1) is 5.92 Å². The van der Waals surface area contributed by atoms with E-state index in [2.05, 4.69) is 33.1 Å². The van der Waals surface area contributed by atoms with Crippen LogP contribution >= 0.6 is 15.9 Å². The van der Waals surface area contributed by atoms with Crippen molar-refractivity contribution in [2.75, 3.05) is 26.2 Å². The topological polar surface area (TPSA) is 32.3 Å². The van der Waals surface area contributed by atoms with E-state index in [9.17, 15) is 4.79 Å². The molecule has 0 aromatic heterocycles. The van der Waals surface area contributed by atoms with E-state index >= 15 is 0 Å². The maximum Gasteiger partial charge on any atom is 0.251 e. The Labute approximate surface area is 117 Å². The molecule has 1 amide bonds. The number of benzene rings is 1. The van der Waals surface area contributed by atoms with E-state index in [1.54, 1.807) is 0 Å². The molecule has 1 atom stereocenters. The van der Waals surface area contributed by atoms with Crippen LogP contribution in [-0.4, -0.2) is 37.0 Å².